The Labute approximate surface area is 140 Å². The van der Waals surface area contributed by atoms with Gasteiger partial charge in [0.2, 0.25) is 5.91 Å². The van der Waals surface area contributed by atoms with Crippen molar-refractivity contribution in [3.8, 4) is 0 Å². The van der Waals surface area contributed by atoms with E-state index in [-0.39, 0.29) is 30.8 Å². The molecule has 1 heterocycles. The van der Waals surface area contributed by atoms with Gasteiger partial charge in [-0.15, -0.1) is 0 Å². The minimum atomic E-state index is -0.275. The van der Waals surface area contributed by atoms with Crippen molar-refractivity contribution in [2.75, 3.05) is 6.61 Å². The van der Waals surface area contributed by atoms with Crippen LogP contribution in [0.25, 0.3) is 11.0 Å². The van der Waals surface area contributed by atoms with E-state index in [4.69, 9.17) is 0 Å². The maximum absolute atomic E-state index is 12.5. The van der Waals surface area contributed by atoms with E-state index in [0.29, 0.717) is 12.3 Å². The number of para-hydroxylation sites is 2. The lowest BCUT2D eigenvalue weighted by atomic mass is 9.82. The zero-order valence-electron chi connectivity index (χ0n) is 13.8. The van der Waals surface area contributed by atoms with E-state index >= 15 is 0 Å². The zero-order chi connectivity index (χ0) is 16.9. The average Bonchev–Trinajstić information content (AvgIpc) is 2.91. The van der Waals surface area contributed by atoms with Gasteiger partial charge in [0.15, 0.2) is 0 Å². The number of carbonyl (C=O) groups is 1. The number of fused-ring (bicyclic) bond motifs is 1. The summed E-state index contributed by atoms with van der Waals surface area (Å²) in [5.41, 5.74) is 1.19. The van der Waals surface area contributed by atoms with Crippen LogP contribution in [0.15, 0.2) is 29.1 Å². The van der Waals surface area contributed by atoms with Gasteiger partial charge in [-0.25, -0.2) is 4.79 Å². The first-order chi connectivity index (χ1) is 11.7. The van der Waals surface area contributed by atoms with E-state index in [1.165, 1.54) is 23.8 Å². The normalized spacial score (nSPS) is 17.0. The molecule has 24 heavy (non-hydrogen) atoms. The number of hydrogen-bond acceptors (Lipinski definition) is 3. The predicted molar refractivity (Wildman–Crippen MR) is 92.8 cm³/mol. The Morgan fingerprint density at radius 3 is 2.79 bits per heavy atom. The van der Waals surface area contributed by atoms with E-state index in [1.807, 2.05) is 24.3 Å². The number of aliphatic hydroxyl groups excluding tert-OH is 1. The molecule has 0 radical (unpaired) electrons. The molecule has 1 aromatic carbocycles. The molecule has 130 valence electrons. The number of amides is 1. The molecule has 0 saturated heterocycles. The second-order valence-electron chi connectivity index (χ2n) is 6.62. The summed E-state index contributed by atoms with van der Waals surface area (Å²) in [5.74, 6) is 0.250. The van der Waals surface area contributed by atoms with Gasteiger partial charge in [-0.2, -0.15) is 0 Å². The topological polar surface area (TPSA) is 87.1 Å². The van der Waals surface area contributed by atoms with Crippen molar-refractivity contribution in [3.63, 3.8) is 0 Å². The van der Waals surface area contributed by atoms with Crippen molar-refractivity contribution >= 4 is 16.9 Å². The van der Waals surface area contributed by atoms with E-state index < -0.39 is 0 Å². The van der Waals surface area contributed by atoms with E-state index in [2.05, 4.69) is 10.3 Å². The largest absolute Gasteiger partial charge is 0.396 e. The van der Waals surface area contributed by atoms with E-state index in [0.717, 1.165) is 23.9 Å². The van der Waals surface area contributed by atoms with Gasteiger partial charge >= 0.3 is 5.69 Å². The van der Waals surface area contributed by atoms with Crippen LogP contribution in [0.3, 0.4) is 0 Å². The number of H-pyrrole nitrogens is 1. The second-order valence-corrected chi connectivity index (χ2v) is 6.62. The molecule has 6 heteroatoms. The monoisotopic (exact) mass is 331 g/mol. The van der Waals surface area contributed by atoms with Gasteiger partial charge in [0, 0.05) is 12.6 Å². The molecule has 3 rings (SSSR count). The molecule has 1 aromatic heterocycles. The molecule has 2 aromatic rings. The van der Waals surface area contributed by atoms with Gasteiger partial charge in [-0.1, -0.05) is 31.4 Å². The summed E-state index contributed by atoms with van der Waals surface area (Å²) < 4.78 is 1.46. The molecule has 1 aliphatic carbocycles. The lowest BCUT2D eigenvalue weighted by molar-refractivity contribution is -0.123. The fourth-order valence-corrected chi connectivity index (χ4v) is 3.76. The third-order valence-corrected chi connectivity index (χ3v) is 4.99. The number of aromatic amines is 1. The minimum absolute atomic E-state index is 0.00248. The highest BCUT2D eigenvalue weighted by molar-refractivity contribution is 5.80. The summed E-state index contributed by atoms with van der Waals surface area (Å²) in [5, 5.41) is 12.4. The molecule has 0 aliphatic heterocycles. The fraction of sp³-hybridized carbons (Fsp3) is 0.556. The Balaban J connectivity index is 1.70. The quantitative estimate of drug-likeness (QED) is 0.754. The molecule has 6 nitrogen and oxygen atoms in total. The van der Waals surface area contributed by atoms with Gasteiger partial charge in [0.1, 0.15) is 6.54 Å². The van der Waals surface area contributed by atoms with Crippen molar-refractivity contribution in [1.82, 2.24) is 14.9 Å². The van der Waals surface area contributed by atoms with Crippen LogP contribution in [0.1, 0.15) is 38.5 Å². The Morgan fingerprint density at radius 2 is 2.04 bits per heavy atom. The van der Waals surface area contributed by atoms with E-state index in [9.17, 15) is 14.7 Å². The number of benzene rings is 1. The van der Waals surface area contributed by atoms with Crippen molar-refractivity contribution in [2.24, 2.45) is 5.92 Å². The van der Waals surface area contributed by atoms with Crippen molar-refractivity contribution in [2.45, 2.75) is 51.1 Å². The number of rotatable bonds is 6. The van der Waals surface area contributed by atoms with Gasteiger partial charge in [0.05, 0.1) is 11.0 Å². The number of carbonyl (C=O) groups excluding carboxylic acids is 1. The molecular weight excluding hydrogens is 306 g/mol. The highest BCUT2D eigenvalue weighted by atomic mass is 16.3. The molecule has 1 unspecified atom stereocenters. The summed E-state index contributed by atoms with van der Waals surface area (Å²) in [6.45, 7) is 0.0615. The lowest BCUT2D eigenvalue weighted by Gasteiger charge is -2.30. The van der Waals surface area contributed by atoms with Crippen LogP contribution in [0.4, 0.5) is 0 Å². The van der Waals surface area contributed by atoms with Crippen molar-refractivity contribution < 1.29 is 9.90 Å². The van der Waals surface area contributed by atoms with Crippen LogP contribution in [0.2, 0.25) is 0 Å². The maximum Gasteiger partial charge on any atom is 0.326 e. The first-order valence-electron chi connectivity index (χ1n) is 8.77. The highest BCUT2D eigenvalue weighted by Gasteiger charge is 2.25. The molecule has 0 bridgehead atoms. The third-order valence-electron chi connectivity index (χ3n) is 4.99. The molecule has 1 amide bonds. The number of hydrogen-bond donors (Lipinski definition) is 3. The SMILES string of the molecule is O=C(Cn1c(=O)[nH]c2ccccc21)NC(CCO)C1CCCCC1. The fourth-order valence-electron chi connectivity index (χ4n) is 3.76. The second kappa shape index (κ2) is 7.66. The van der Waals surface area contributed by atoms with Crippen LogP contribution in [0, 0.1) is 5.92 Å². The number of imidazole rings is 1. The molecular formula is C18H25N3O3. The Hall–Kier alpha value is -2.08. The summed E-state index contributed by atoms with van der Waals surface area (Å²) in [4.78, 5) is 27.3. The van der Waals surface area contributed by atoms with Gasteiger partial charge < -0.3 is 15.4 Å². The van der Waals surface area contributed by atoms with Crippen LogP contribution >= 0.6 is 0 Å². The van der Waals surface area contributed by atoms with Crippen molar-refractivity contribution in [3.05, 3.63) is 34.7 Å². The Kier molecular flexibility index (Phi) is 5.35. The van der Waals surface area contributed by atoms with Gasteiger partial charge in [0.25, 0.3) is 0 Å². The molecule has 1 atom stereocenters. The number of aromatic nitrogens is 2. The van der Waals surface area contributed by atoms with Crippen LogP contribution in [-0.4, -0.2) is 33.2 Å². The molecule has 1 fully saturated rings. The molecule has 1 saturated carbocycles. The number of nitrogens with one attached hydrogen (secondary N) is 2. The van der Waals surface area contributed by atoms with E-state index in [1.54, 1.807) is 0 Å². The summed E-state index contributed by atoms with van der Waals surface area (Å²) in [6, 6.07) is 7.34. The minimum Gasteiger partial charge on any atom is -0.396 e. The smallest absolute Gasteiger partial charge is 0.326 e. The predicted octanol–water partition coefficient (Wildman–Crippen LogP) is 1.78. The Morgan fingerprint density at radius 1 is 1.29 bits per heavy atom. The lowest BCUT2D eigenvalue weighted by Crippen LogP contribution is -2.43. The highest BCUT2D eigenvalue weighted by Crippen LogP contribution is 2.27. The first kappa shape index (κ1) is 16.8. The van der Waals surface area contributed by atoms with Gasteiger partial charge in [-0.05, 0) is 37.3 Å². The first-order valence-corrected chi connectivity index (χ1v) is 8.77. The molecule has 3 N–H and O–H groups in total. The molecule has 0 spiro atoms. The van der Waals surface area contributed by atoms with Crippen LogP contribution < -0.4 is 11.0 Å². The summed E-state index contributed by atoms with van der Waals surface area (Å²) in [6.07, 6.45) is 6.38. The third kappa shape index (κ3) is 3.70. The zero-order valence-corrected chi connectivity index (χ0v) is 13.8. The Bertz CT molecular complexity index is 743. The van der Waals surface area contributed by atoms with Crippen molar-refractivity contribution in [1.29, 1.82) is 0 Å². The van der Waals surface area contributed by atoms with Crippen LogP contribution in [0.5, 0.6) is 0 Å². The molecule has 1 aliphatic rings. The summed E-state index contributed by atoms with van der Waals surface area (Å²) >= 11 is 0. The standard InChI is InChI=1S/C18H25N3O3/c22-11-10-14(13-6-2-1-3-7-13)19-17(23)12-21-16-9-5-4-8-15(16)20-18(21)24/h4-5,8-9,13-14,22H,1-3,6-7,10-12H2,(H,19,23)(H,20,24). The average molecular weight is 331 g/mol. The van der Waals surface area contributed by atoms with Crippen LogP contribution in [-0.2, 0) is 11.3 Å². The number of aliphatic hydroxyl groups is 1. The summed E-state index contributed by atoms with van der Waals surface area (Å²) in [7, 11) is 0. The van der Waals surface area contributed by atoms with Gasteiger partial charge in [-0.3, -0.25) is 9.36 Å². The number of nitrogens with zero attached hydrogens (tertiary/aromatic N) is 1. The maximum atomic E-state index is 12.5.